The molecule has 0 aromatic carbocycles. The minimum Gasteiger partial charge on any atom is -0.297 e. The van der Waals surface area contributed by atoms with Crippen molar-refractivity contribution < 1.29 is 0 Å². The van der Waals surface area contributed by atoms with Gasteiger partial charge in [0.2, 0.25) is 0 Å². The Morgan fingerprint density at radius 1 is 1.20 bits per heavy atom. The minimum atomic E-state index is 0.219. The first kappa shape index (κ1) is 11.4. The molecule has 2 rings (SSSR count). The third kappa shape index (κ3) is 2.05. The van der Waals surface area contributed by atoms with Gasteiger partial charge in [0.15, 0.2) is 0 Å². The van der Waals surface area contributed by atoms with Gasteiger partial charge in [-0.3, -0.25) is 16.2 Å². The number of hydrazine groups is 1. The molecule has 1 saturated heterocycles. The lowest BCUT2D eigenvalue weighted by Gasteiger charge is -2.47. The van der Waals surface area contributed by atoms with Crippen LogP contribution in [0.5, 0.6) is 0 Å². The van der Waals surface area contributed by atoms with Crippen molar-refractivity contribution in [1.82, 2.24) is 10.3 Å². The summed E-state index contributed by atoms with van der Waals surface area (Å²) in [5.41, 5.74) is 3.30. The lowest BCUT2D eigenvalue weighted by molar-refractivity contribution is 0.0527. The van der Waals surface area contributed by atoms with E-state index in [4.69, 9.17) is 5.84 Å². The third-order valence-corrected chi connectivity index (χ3v) is 4.48. The van der Waals surface area contributed by atoms with Gasteiger partial charge in [-0.25, -0.2) is 0 Å². The first-order valence-electron chi connectivity index (χ1n) is 6.37. The van der Waals surface area contributed by atoms with Gasteiger partial charge < -0.3 is 0 Å². The van der Waals surface area contributed by atoms with E-state index in [2.05, 4.69) is 24.2 Å². The Morgan fingerprint density at radius 3 is 2.20 bits per heavy atom. The number of likely N-dealkylation sites (tertiary alicyclic amines) is 1. The lowest BCUT2D eigenvalue weighted by atomic mass is 9.72. The van der Waals surface area contributed by atoms with Gasteiger partial charge in [-0.05, 0) is 58.5 Å². The van der Waals surface area contributed by atoms with Crippen molar-refractivity contribution in [3.63, 3.8) is 0 Å². The van der Waals surface area contributed by atoms with Crippen molar-refractivity contribution in [1.29, 1.82) is 0 Å². The second-order valence-corrected chi connectivity index (χ2v) is 5.68. The molecule has 0 aromatic rings. The highest BCUT2D eigenvalue weighted by Gasteiger charge is 2.42. The SMILES string of the molecule is CC(C)(C(NN)C1CCC1)N1CCCC1. The average Bonchev–Trinajstić information content (AvgIpc) is 2.63. The second-order valence-electron chi connectivity index (χ2n) is 5.68. The van der Waals surface area contributed by atoms with Crippen molar-refractivity contribution in [2.75, 3.05) is 13.1 Å². The first-order chi connectivity index (χ1) is 7.16. The van der Waals surface area contributed by atoms with E-state index in [1.807, 2.05) is 0 Å². The van der Waals surface area contributed by atoms with Crippen LogP contribution in [0.1, 0.15) is 46.0 Å². The average molecular weight is 211 g/mol. The summed E-state index contributed by atoms with van der Waals surface area (Å²) in [5.74, 6) is 6.56. The summed E-state index contributed by atoms with van der Waals surface area (Å²) >= 11 is 0. The van der Waals surface area contributed by atoms with Gasteiger partial charge in [-0.2, -0.15) is 0 Å². The number of nitrogens with one attached hydrogen (secondary N) is 1. The molecule has 0 spiro atoms. The van der Waals surface area contributed by atoms with Crippen molar-refractivity contribution in [2.24, 2.45) is 11.8 Å². The molecule has 3 nitrogen and oxygen atoms in total. The summed E-state index contributed by atoms with van der Waals surface area (Å²) in [6.07, 6.45) is 6.80. The Balaban J connectivity index is 2.02. The zero-order chi connectivity index (χ0) is 10.9. The largest absolute Gasteiger partial charge is 0.297 e. The number of hydrogen-bond donors (Lipinski definition) is 2. The minimum absolute atomic E-state index is 0.219. The van der Waals surface area contributed by atoms with Crippen molar-refractivity contribution in [3.05, 3.63) is 0 Å². The molecule has 1 atom stereocenters. The molecule has 3 heteroatoms. The van der Waals surface area contributed by atoms with Crippen LogP contribution < -0.4 is 11.3 Å². The maximum absolute atomic E-state index is 5.76. The Morgan fingerprint density at radius 2 is 1.80 bits per heavy atom. The molecule has 1 aliphatic heterocycles. The monoisotopic (exact) mass is 211 g/mol. The van der Waals surface area contributed by atoms with Crippen LogP contribution in [-0.4, -0.2) is 29.6 Å². The first-order valence-corrected chi connectivity index (χ1v) is 6.37. The third-order valence-electron chi connectivity index (χ3n) is 4.48. The Bertz CT molecular complexity index is 205. The van der Waals surface area contributed by atoms with E-state index in [1.54, 1.807) is 0 Å². The molecular formula is C12H25N3. The van der Waals surface area contributed by atoms with Crippen LogP contribution in [0.25, 0.3) is 0 Å². The zero-order valence-corrected chi connectivity index (χ0v) is 10.1. The molecule has 0 radical (unpaired) electrons. The summed E-state index contributed by atoms with van der Waals surface area (Å²) < 4.78 is 0. The summed E-state index contributed by atoms with van der Waals surface area (Å²) in [4.78, 5) is 2.61. The molecule has 88 valence electrons. The predicted octanol–water partition coefficient (Wildman–Crippen LogP) is 1.49. The van der Waals surface area contributed by atoms with E-state index < -0.39 is 0 Å². The van der Waals surface area contributed by atoms with Crippen molar-refractivity contribution in [3.8, 4) is 0 Å². The van der Waals surface area contributed by atoms with Gasteiger partial charge >= 0.3 is 0 Å². The number of nitrogens with two attached hydrogens (primary N) is 1. The fourth-order valence-corrected chi connectivity index (χ4v) is 3.18. The summed E-state index contributed by atoms with van der Waals surface area (Å²) in [6, 6.07) is 0.462. The molecule has 0 amide bonds. The van der Waals surface area contributed by atoms with Crippen LogP contribution in [-0.2, 0) is 0 Å². The standard InChI is InChI=1S/C12H25N3/c1-12(2,15-8-3-4-9-15)11(14-13)10-6-5-7-10/h10-11,14H,3-9,13H2,1-2H3. The van der Waals surface area contributed by atoms with E-state index in [0.717, 1.165) is 5.92 Å². The van der Waals surface area contributed by atoms with Gasteiger partial charge in [0.05, 0.1) is 0 Å². The van der Waals surface area contributed by atoms with Crippen LogP contribution in [0.3, 0.4) is 0 Å². The summed E-state index contributed by atoms with van der Waals surface area (Å²) in [6.45, 7) is 7.19. The van der Waals surface area contributed by atoms with Gasteiger partial charge in [0.1, 0.15) is 0 Å². The number of hydrogen-bond acceptors (Lipinski definition) is 3. The van der Waals surface area contributed by atoms with Crippen LogP contribution in [0.2, 0.25) is 0 Å². The highest BCUT2D eigenvalue weighted by Crippen LogP contribution is 2.37. The second kappa shape index (κ2) is 4.40. The Hall–Kier alpha value is -0.120. The maximum Gasteiger partial charge on any atom is 0.0417 e. The molecule has 2 aliphatic rings. The van der Waals surface area contributed by atoms with Gasteiger partial charge in [0.25, 0.3) is 0 Å². The Kier molecular flexibility index (Phi) is 3.33. The maximum atomic E-state index is 5.76. The summed E-state index contributed by atoms with van der Waals surface area (Å²) in [7, 11) is 0. The highest BCUT2D eigenvalue weighted by atomic mass is 15.3. The normalized spacial score (nSPS) is 26.6. The fourth-order valence-electron chi connectivity index (χ4n) is 3.18. The number of nitrogens with zero attached hydrogens (tertiary/aromatic N) is 1. The van der Waals surface area contributed by atoms with E-state index in [9.17, 15) is 0 Å². The summed E-state index contributed by atoms with van der Waals surface area (Å²) in [5, 5.41) is 0. The van der Waals surface area contributed by atoms with Crippen molar-refractivity contribution in [2.45, 2.75) is 57.5 Å². The van der Waals surface area contributed by atoms with Gasteiger partial charge in [0, 0.05) is 11.6 Å². The molecule has 1 unspecified atom stereocenters. The Labute approximate surface area is 93.4 Å². The molecule has 0 aromatic heterocycles. The van der Waals surface area contributed by atoms with E-state index >= 15 is 0 Å². The zero-order valence-electron chi connectivity index (χ0n) is 10.1. The van der Waals surface area contributed by atoms with Crippen LogP contribution >= 0.6 is 0 Å². The van der Waals surface area contributed by atoms with Gasteiger partial charge in [-0.1, -0.05) is 6.42 Å². The number of rotatable bonds is 4. The molecule has 2 fully saturated rings. The predicted molar refractivity (Wildman–Crippen MR) is 63.3 cm³/mol. The smallest absolute Gasteiger partial charge is 0.0417 e. The van der Waals surface area contributed by atoms with Crippen molar-refractivity contribution >= 4 is 0 Å². The van der Waals surface area contributed by atoms with E-state index in [0.29, 0.717) is 6.04 Å². The molecule has 1 aliphatic carbocycles. The molecule has 1 saturated carbocycles. The fraction of sp³-hybridized carbons (Fsp3) is 1.00. The van der Waals surface area contributed by atoms with E-state index in [-0.39, 0.29) is 5.54 Å². The quantitative estimate of drug-likeness (QED) is 0.547. The van der Waals surface area contributed by atoms with Crippen LogP contribution in [0, 0.1) is 5.92 Å². The molecule has 15 heavy (non-hydrogen) atoms. The molecule has 3 N–H and O–H groups in total. The topological polar surface area (TPSA) is 41.3 Å². The lowest BCUT2D eigenvalue weighted by Crippen LogP contribution is -2.62. The molecule has 0 bridgehead atoms. The van der Waals surface area contributed by atoms with E-state index in [1.165, 1.54) is 45.2 Å². The molecular weight excluding hydrogens is 186 g/mol. The van der Waals surface area contributed by atoms with Gasteiger partial charge in [-0.15, -0.1) is 0 Å². The molecule has 1 heterocycles. The van der Waals surface area contributed by atoms with Crippen LogP contribution in [0.15, 0.2) is 0 Å². The highest BCUT2D eigenvalue weighted by molar-refractivity contribution is 4.99. The van der Waals surface area contributed by atoms with Crippen LogP contribution in [0.4, 0.5) is 0 Å².